The number of halogens is 1. The second-order valence-corrected chi connectivity index (χ2v) is 6.05. The lowest BCUT2D eigenvalue weighted by Crippen LogP contribution is -2.36. The number of anilines is 1. The summed E-state index contributed by atoms with van der Waals surface area (Å²) in [4.78, 5) is 14.3. The molecule has 2 N–H and O–H groups in total. The lowest BCUT2D eigenvalue weighted by Gasteiger charge is -2.23. The third-order valence-corrected chi connectivity index (χ3v) is 4.40. The molecule has 0 radical (unpaired) electrons. The first-order valence-corrected chi connectivity index (χ1v) is 7.89. The third kappa shape index (κ3) is 4.70. The molecule has 21 heavy (non-hydrogen) atoms. The Morgan fingerprint density at radius 2 is 2.33 bits per heavy atom. The molecule has 1 amide bonds. The van der Waals surface area contributed by atoms with Gasteiger partial charge in [0.05, 0.1) is 6.54 Å². The van der Waals surface area contributed by atoms with Gasteiger partial charge in [0.2, 0.25) is 5.91 Å². The van der Waals surface area contributed by atoms with Crippen molar-refractivity contribution in [3.63, 3.8) is 0 Å². The number of rotatable bonds is 6. The molecular formula is C16H23ClN2O2. The fraction of sp³-hybridized carbons (Fsp3) is 0.562. The van der Waals surface area contributed by atoms with E-state index in [1.165, 1.54) is 0 Å². The molecule has 1 atom stereocenters. The minimum absolute atomic E-state index is 0.00850. The number of aliphatic hydroxyl groups excluding tert-OH is 1. The van der Waals surface area contributed by atoms with Crippen LogP contribution < -0.4 is 5.32 Å². The van der Waals surface area contributed by atoms with E-state index >= 15 is 0 Å². The minimum Gasteiger partial charge on any atom is -0.396 e. The Morgan fingerprint density at radius 3 is 3.05 bits per heavy atom. The standard InChI is InChI=1S/C16H23ClN2O2/c1-12-6-7-13(10-15(12)17)18-16(21)11-19-8-2-4-14(19)5-3-9-20/h6-7,10,14,20H,2-5,8-9,11H2,1H3,(H,18,21). The Morgan fingerprint density at radius 1 is 1.52 bits per heavy atom. The fourth-order valence-corrected chi connectivity index (χ4v) is 2.99. The molecule has 0 aliphatic carbocycles. The number of hydrogen-bond acceptors (Lipinski definition) is 3. The zero-order valence-electron chi connectivity index (χ0n) is 12.4. The normalized spacial score (nSPS) is 18.9. The second-order valence-electron chi connectivity index (χ2n) is 5.64. The number of likely N-dealkylation sites (tertiary alicyclic amines) is 1. The summed E-state index contributed by atoms with van der Waals surface area (Å²) in [7, 11) is 0. The van der Waals surface area contributed by atoms with E-state index in [-0.39, 0.29) is 12.5 Å². The minimum atomic E-state index is -0.00850. The highest BCUT2D eigenvalue weighted by Gasteiger charge is 2.25. The maximum Gasteiger partial charge on any atom is 0.238 e. The number of nitrogens with zero attached hydrogens (tertiary/aromatic N) is 1. The van der Waals surface area contributed by atoms with Crippen molar-refractivity contribution >= 4 is 23.2 Å². The van der Waals surface area contributed by atoms with Crippen LogP contribution in [0.15, 0.2) is 18.2 Å². The Kier molecular flexibility index (Phi) is 6.03. The van der Waals surface area contributed by atoms with Crippen LogP contribution >= 0.6 is 11.6 Å². The second kappa shape index (κ2) is 7.78. The maximum atomic E-state index is 12.1. The van der Waals surface area contributed by atoms with E-state index in [0.29, 0.717) is 17.6 Å². The summed E-state index contributed by atoms with van der Waals surface area (Å²) in [6.45, 7) is 3.52. The van der Waals surface area contributed by atoms with Gasteiger partial charge in [0, 0.05) is 23.4 Å². The van der Waals surface area contributed by atoms with Gasteiger partial charge in [0.1, 0.15) is 0 Å². The molecule has 1 aromatic carbocycles. The molecule has 0 aromatic heterocycles. The van der Waals surface area contributed by atoms with Crippen molar-refractivity contribution in [2.75, 3.05) is 25.0 Å². The van der Waals surface area contributed by atoms with E-state index in [1.807, 2.05) is 19.1 Å². The van der Waals surface area contributed by atoms with Crippen LogP contribution in [0.25, 0.3) is 0 Å². The molecule has 1 fully saturated rings. The predicted octanol–water partition coefficient (Wildman–Crippen LogP) is 2.82. The molecular weight excluding hydrogens is 288 g/mol. The highest BCUT2D eigenvalue weighted by Crippen LogP contribution is 2.22. The van der Waals surface area contributed by atoms with Crippen LogP contribution in [-0.4, -0.2) is 41.7 Å². The van der Waals surface area contributed by atoms with E-state index in [0.717, 1.165) is 43.5 Å². The van der Waals surface area contributed by atoms with E-state index in [1.54, 1.807) is 6.07 Å². The number of nitrogens with one attached hydrogen (secondary N) is 1. The third-order valence-electron chi connectivity index (χ3n) is 4.00. The lowest BCUT2D eigenvalue weighted by molar-refractivity contribution is -0.117. The van der Waals surface area contributed by atoms with Crippen molar-refractivity contribution in [3.8, 4) is 0 Å². The van der Waals surface area contributed by atoms with Gasteiger partial charge < -0.3 is 10.4 Å². The molecule has 1 aromatic rings. The van der Waals surface area contributed by atoms with Crippen molar-refractivity contribution in [1.82, 2.24) is 4.90 Å². The molecule has 1 saturated heterocycles. The van der Waals surface area contributed by atoms with Gasteiger partial charge in [0.15, 0.2) is 0 Å². The number of benzene rings is 1. The number of hydrogen-bond donors (Lipinski definition) is 2. The predicted molar refractivity (Wildman–Crippen MR) is 85.7 cm³/mol. The molecule has 2 rings (SSSR count). The monoisotopic (exact) mass is 310 g/mol. The number of carbonyl (C=O) groups is 1. The summed E-state index contributed by atoms with van der Waals surface area (Å²) in [5, 5.41) is 12.5. The molecule has 116 valence electrons. The van der Waals surface area contributed by atoms with E-state index in [2.05, 4.69) is 10.2 Å². The van der Waals surface area contributed by atoms with Crippen molar-refractivity contribution in [1.29, 1.82) is 0 Å². The van der Waals surface area contributed by atoms with Crippen LogP contribution in [0.2, 0.25) is 5.02 Å². The van der Waals surface area contributed by atoms with E-state index in [4.69, 9.17) is 16.7 Å². The largest absolute Gasteiger partial charge is 0.396 e. The van der Waals surface area contributed by atoms with Crippen molar-refractivity contribution in [2.24, 2.45) is 0 Å². The molecule has 5 heteroatoms. The van der Waals surface area contributed by atoms with Crippen LogP contribution in [0.4, 0.5) is 5.69 Å². The Bertz CT molecular complexity index is 493. The summed E-state index contributed by atoms with van der Waals surface area (Å²) in [5.41, 5.74) is 1.74. The SMILES string of the molecule is Cc1ccc(NC(=O)CN2CCCC2CCCO)cc1Cl. The smallest absolute Gasteiger partial charge is 0.238 e. The Labute approximate surface area is 131 Å². The summed E-state index contributed by atoms with van der Waals surface area (Å²) >= 11 is 6.06. The number of aryl methyl sites for hydroxylation is 1. The molecule has 0 spiro atoms. The molecule has 1 unspecified atom stereocenters. The van der Waals surface area contributed by atoms with Crippen molar-refractivity contribution in [2.45, 2.75) is 38.6 Å². The molecule has 0 bridgehead atoms. The van der Waals surface area contributed by atoms with Gasteiger partial charge in [-0.3, -0.25) is 9.69 Å². The topological polar surface area (TPSA) is 52.6 Å². The van der Waals surface area contributed by atoms with Crippen LogP contribution in [0.1, 0.15) is 31.2 Å². The highest BCUT2D eigenvalue weighted by molar-refractivity contribution is 6.31. The number of amides is 1. The Balaban J connectivity index is 1.87. The van der Waals surface area contributed by atoms with Gasteiger partial charge in [-0.2, -0.15) is 0 Å². The van der Waals surface area contributed by atoms with E-state index in [9.17, 15) is 4.79 Å². The van der Waals surface area contributed by atoms with Gasteiger partial charge >= 0.3 is 0 Å². The first kappa shape index (κ1) is 16.3. The molecule has 0 saturated carbocycles. The average molecular weight is 311 g/mol. The quantitative estimate of drug-likeness (QED) is 0.849. The fourth-order valence-electron chi connectivity index (χ4n) is 2.81. The lowest BCUT2D eigenvalue weighted by atomic mass is 10.1. The molecule has 4 nitrogen and oxygen atoms in total. The summed E-state index contributed by atoms with van der Waals surface area (Å²) in [6.07, 6.45) is 4.00. The van der Waals surface area contributed by atoms with Gasteiger partial charge in [-0.1, -0.05) is 17.7 Å². The highest BCUT2D eigenvalue weighted by atomic mass is 35.5. The van der Waals surface area contributed by atoms with Crippen LogP contribution in [0, 0.1) is 6.92 Å². The first-order valence-electron chi connectivity index (χ1n) is 7.51. The summed E-state index contributed by atoms with van der Waals surface area (Å²) < 4.78 is 0. The van der Waals surface area contributed by atoms with E-state index < -0.39 is 0 Å². The summed E-state index contributed by atoms with van der Waals surface area (Å²) in [5.74, 6) is -0.00850. The van der Waals surface area contributed by atoms with Crippen molar-refractivity contribution in [3.05, 3.63) is 28.8 Å². The molecule has 1 heterocycles. The van der Waals surface area contributed by atoms with Crippen LogP contribution in [-0.2, 0) is 4.79 Å². The zero-order valence-corrected chi connectivity index (χ0v) is 13.2. The van der Waals surface area contributed by atoms with Gasteiger partial charge in [-0.05, 0) is 56.8 Å². The molecule has 1 aliphatic rings. The Hall–Kier alpha value is -1.10. The van der Waals surface area contributed by atoms with Crippen LogP contribution in [0.3, 0.4) is 0 Å². The average Bonchev–Trinajstić information content (AvgIpc) is 2.87. The van der Waals surface area contributed by atoms with Crippen LogP contribution in [0.5, 0.6) is 0 Å². The van der Waals surface area contributed by atoms with Crippen molar-refractivity contribution < 1.29 is 9.90 Å². The van der Waals surface area contributed by atoms with Gasteiger partial charge in [-0.25, -0.2) is 0 Å². The first-order chi connectivity index (χ1) is 10.1. The number of aliphatic hydroxyl groups is 1. The zero-order chi connectivity index (χ0) is 15.2. The van der Waals surface area contributed by atoms with Gasteiger partial charge in [-0.15, -0.1) is 0 Å². The maximum absolute atomic E-state index is 12.1. The number of carbonyl (C=O) groups excluding carboxylic acids is 1. The van der Waals surface area contributed by atoms with Gasteiger partial charge in [0.25, 0.3) is 0 Å². The molecule has 1 aliphatic heterocycles. The summed E-state index contributed by atoms with van der Waals surface area (Å²) in [6, 6.07) is 5.97.